The van der Waals surface area contributed by atoms with Crippen molar-refractivity contribution >= 4 is 39.5 Å². The van der Waals surface area contributed by atoms with Crippen LogP contribution in [-0.2, 0) is 14.3 Å². The van der Waals surface area contributed by atoms with E-state index in [4.69, 9.17) is 46.6 Å². The molecular weight excluding hydrogens is 408 g/mol. The molecule has 8 nitrogen and oxygen atoms in total. The van der Waals surface area contributed by atoms with E-state index in [0.717, 1.165) is 23.3 Å². The third kappa shape index (κ3) is 12.1. The number of nitrogens with two attached hydrogens (primary N) is 1. The van der Waals surface area contributed by atoms with Crippen LogP contribution in [0, 0.1) is 0 Å². The molecule has 0 unspecified atom stereocenters. The lowest BCUT2D eigenvalue weighted by atomic mass is 10.3. The number of halogens is 2. The summed E-state index contributed by atoms with van der Waals surface area (Å²) in [4.78, 5) is 18.2. The van der Waals surface area contributed by atoms with Crippen LogP contribution >= 0.6 is 27.5 Å². The highest BCUT2D eigenvalue weighted by molar-refractivity contribution is 9.10. The summed E-state index contributed by atoms with van der Waals surface area (Å²) in [6.45, 7) is 3.99. The summed E-state index contributed by atoms with van der Waals surface area (Å²) >= 11 is 9.22. The Bertz CT molecular complexity index is 506. The van der Waals surface area contributed by atoms with E-state index in [9.17, 15) is 0 Å². The van der Waals surface area contributed by atoms with Gasteiger partial charge in [0.2, 0.25) is 0 Å². The lowest BCUT2D eigenvalue weighted by Crippen LogP contribution is -2.26. The molecule has 0 aliphatic rings. The molecule has 24 heavy (non-hydrogen) atoms. The van der Waals surface area contributed by atoms with Crippen molar-refractivity contribution in [3.63, 3.8) is 0 Å². The molecule has 0 aliphatic carbocycles. The summed E-state index contributed by atoms with van der Waals surface area (Å²) in [7, 11) is 0. The van der Waals surface area contributed by atoms with Crippen LogP contribution in [0.25, 0.3) is 0 Å². The molecule has 0 atom stereocenters. The molecule has 1 aromatic rings. The van der Waals surface area contributed by atoms with E-state index >= 15 is 0 Å². The van der Waals surface area contributed by atoms with Gasteiger partial charge in [-0.25, -0.2) is 9.59 Å². The normalized spacial score (nSPS) is 9.79. The van der Waals surface area contributed by atoms with Gasteiger partial charge in [0.25, 0.3) is 0 Å². The number of nitrogens with one attached hydrogen (secondary N) is 1. The molecule has 1 aromatic carbocycles. The molecule has 10 heteroatoms. The third-order valence-electron chi connectivity index (χ3n) is 2.31. The molecule has 0 heterocycles. The first kappa shape index (κ1) is 22.6. The van der Waals surface area contributed by atoms with Gasteiger partial charge in [-0.2, -0.15) is 0 Å². The maximum absolute atomic E-state index is 9.10. The minimum absolute atomic E-state index is 0.511. The Balaban J connectivity index is 0.000000754. The molecule has 0 saturated carbocycles. The molecule has 136 valence electrons. The standard InChI is InChI=1S/C12H18BrClN2O2.C2H2O4/c13-11-9-10(14)1-2-12(11)18-8-7-17-6-5-16-4-3-15;3-1(4)2(5)6/h1-2,9,16H,3-8,15H2;(H,3,4)(H,5,6). The Labute approximate surface area is 153 Å². The predicted octanol–water partition coefficient (Wildman–Crippen LogP) is 1.20. The number of ether oxygens (including phenoxy) is 2. The summed E-state index contributed by atoms with van der Waals surface area (Å²) in [5.74, 6) is -2.88. The van der Waals surface area contributed by atoms with E-state index in [1.54, 1.807) is 12.1 Å². The highest BCUT2D eigenvalue weighted by atomic mass is 79.9. The number of carbonyl (C=O) groups is 2. The number of hydrogen-bond acceptors (Lipinski definition) is 6. The van der Waals surface area contributed by atoms with Crippen LogP contribution in [-0.4, -0.2) is 61.6 Å². The first-order valence-electron chi connectivity index (χ1n) is 6.91. The van der Waals surface area contributed by atoms with Gasteiger partial charge < -0.3 is 30.7 Å². The quantitative estimate of drug-likeness (QED) is 0.341. The fourth-order valence-electron chi connectivity index (χ4n) is 1.28. The van der Waals surface area contributed by atoms with Gasteiger partial charge in [-0.15, -0.1) is 0 Å². The number of carboxylic acid groups (broad SMARTS) is 2. The van der Waals surface area contributed by atoms with Gasteiger partial charge in [0.15, 0.2) is 0 Å². The maximum atomic E-state index is 9.10. The van der Waals surface area contributed by atoms with Crippen LogP contribution in [0.15, 0.2) is 22.7 Å². The lowest BCUT2D eigenvalue weighted by molar-refractivity contribution is -0.159. The largest absolute Gasteiger partial charge is 0.490 e. The minimum atomic E-state index is -1.82. The van der Waals surface area contributed by atoms with E-state index in [0.29, 0.717) is 31.4 Å². The fraction of sp³-hybridized carbons (Fsp3) is 0.429. The summed E-state index contributed by atoms with van der Waals surface area (Å²) in [5.41, 5.74) is 5.34. The Morgan fingerprint density at radius 1 is 1.17 bits per heavy atom. The van der Waals surface area contributed by atoms with Gasteiger partial charge in [0, 0.05) is 24.7 Å². The van der Waals surface area contributed by atoms with Gasteiger partial charge in [-0.3, -0.25) is 0 Å². The summed E-state index contributed by atoms with van der Waals surface area (Å²) in [5, 5.41) is 18.6. The summed E-state index contributed by atoms with van der Waals surface area (Å²) < 4.78 is 11.8. The van der Waals surface area contributed by atoms with E-state index < -0.39 is 11.9 Å². The van der Waals surface area contributed by atoms with Crippen LogP contribution in [0.2, 0.25) is 5.02 Å². The molecule has 0 aromatic heterocycles. The highest BCUT2D eigenvalue weighted by Crippen LogP contribution is 2.27. The predicted molar refractivity (Wildman–Crippen MR) is 92.7 cm³/mol. The Hall–Kier alpha value is -1.39. The van der Waals surface area contributed by atoms with E-state index in [-0.39, 0.29) is 0 Å². The molecule has 0 radical (unpaired) electrons. The topological polar surface area (TPSA) is 131 Å². The average molecular weight is 428 g/mol. The monoisotopic (exact) mass is 426 g/mol. The number of rotatable bonds is 9. The van der Waals surface area contributed by atoms with Crippen molar-refractivity contribution in [3.8, 4) is 5.75 Å². The van der Waals surface area contributed by atoms with Crippen molar-refractivity contribution in [1.82, 2.24) is 5.32 Å². The van der Waals surface area contributed by atoms with E-state index in [2.05, 4.69) is 21.2 Å². The zero-order valence-corrected chi connectivity index (χ0v) is 15.2. The zero-order chi connectivity index (χ0) is 18.4. The molecule has 5 N–H and O–H groups in total. The van der Waals surface area contributed by atoms with E-state index in [1.165, 1.54) is 0 Å². The van der Waals surface area contributed by atoms with Gasteiger partial charge in [-0.1, -0.05) is 11.6 Å². The van der Waals surface area contributed by atoms with Crippen LogP contribution < -0.4 is 15.8 Å². The molecule has 0 amide bonds. The van der Waals surface area contributed by atoms with Gasteiger partial charge in [0.05, 0.1) is 17.7 Å². The van der Waals surface area contributed by atoms with Crippen molar-refractivity contribution in [3.05, 3.63) is 27.7 Å². The van der Waals surface area contributed by atoms with Crippen LogP contribution in [0.5, 0.6) is 5.75 Å². The SMILES string of the molecule is NCCNCCOCCOc1ccc(Cl)cc1Br.O=C(O)C(=O)O. The molecule has 0 saturated heterocycles. The number of carboxylic acids is 2. The molecule has 0 fully saturated rings. The Morgan fingerprint density at radius 2 is 1.83 bits per heavy atom. The first-order valence-corrected chi connectivity index (χ1v) is 8.08. The molecule has 0 aliphatic heterocycles. The van der Waals surface area contributed by atoms with Crippen molar-refractivity contribution in [2.45, 2.75) is 0 Å². The molecule has 1 rings (SSSR count). The van der Waals surface area contributed by atoms with Crippen molar-refractivity contribution in [1.29, 1.82) is 0 Å². The number of hydrogen-bond donors (Lipinski definition) is 4. The van der Waals surface area contributed by atoms with Crippen molar-refractivity contribution < 1.29 is 29.3 Å². The highest BCUT2D eigenvalue weighted by Gasteiger charge is 2.04. The van der Waals surface area contributed by atoms with Crippen molar-refractivity contribution in [2.75, 3.05) is 39.5 Å². The second-order valence-corrected chi connectivity index (χ2v) is 5.48. The Morgan fingerprint density at radius 3 is 2.38 bits per heavy atom. The smallest absolute Gasteiger partial charge is 0.414 e. The molecule has 0 spiro atoms. The number of aliphatic carboxylic acids is 2. The minimum Gasteiger partial charge on any atom is -0.490 e. The first-order chi connectivity index (χ1) is 11.4. The maximum Gasteiger partial charge on any atom is 0.414 e. The van der Waals surface area contributed by atoms with Crippen LogP contribution in [0.4, 0.5) is 0 Å². The number of benzene rings is 1. The van der Waals surface area contributed by atoms with Crippen LogP contribution in [0.3, 0.4) is 0 Å². The summed E-state index contributed by atoms with van der Waals surface area (Å²) in [6.07, 6.45) is 0. The Kier molecular flexibility index (Phi) is 13.2. The van der Waals surface area contributed by atoms with Crippen LogP contribution in [0.1, 0.15) is 0 Å². The van der Waals surface area contributed by atoms with Gasteiger partial charge >= 0.3 is 11.9 Å². The zero-order valence-electron chi connectivity index (χ0n) is 12.8. The van der Waals surface area contributed by atoms with Gasteiger partial charge in [0.1, 0.15) is 12.4 Å². The second-order valence-electron chi connectivity index (χ2n) is 4.18. The average Bonchev–Trinajstić information content (AvgIpc) is 2.52. The van der Waals surface area contributed by atoms with E-state index in [1.807, 2.05) is 6.07 Å². The third-order valence-corrected chi connectivity index (χ3v) is 3.16. The second kappa shape index (κ2) is 14.0. The lowest BCUT2D eigenvalue weighted by Gasteiger charge is -2.09. The molecule has 0 bridgehead atoms. The molecular formula is C14H20BrClN2O6. The van der Waals surface area contributed by atoms with Crippen molar-refractivity contribution in [2.24, 2.45) is 5.73 Å². The fourth-order valence-corrected chi connectivity index (χ4v) is 2.07. The summed E-state index contributed by atoms with van der Waals surface area (Å²) in [6, 6.07) is 5.42. The van der Waals surface area contributed by atoms with Gasteiger partial charge in [-0.05, 0) is 34.1 Å².